The first kappa shape index (κ1) is 12.2. The predicted molar refractivity (Wildman–Crippen MR) is 68.2 cm³/mol. The van der Waals surface area contributed by atoms with Crippen molar-refractivity contribution in [2.45, 2.75) is 39.0 Å². The first-order chi connectivity index (χ1) is 8.20. The van der Waals surface area contributed by atoms with E-state index in [9.17, 15) is 4.79 Å². The fourth-order valence-corrected chi connectivity index (χ4v) is 2.49. The van der Waals surface area contributed by atoms with E-state index in [0.29, 0.717) is 5.56 Å². The number of rotatable bonds is 2. The van der Waals surface area contributed by atoms with Crippen molar-refractivity contribution < 1.29 is 9.90 Å². The van der Waals surface area contributed by atoms with E-state index in [1.807, 2.05) is 13.0 Å². The Balaban J connectivity index is 0.000000148. The summed E-state index contributed by atoms with van der Waals surface area (Å²) in [5.74, 6) is 1.57. The van der Waals surface area contributed by atoms with Crippen molar-refractivity contribution in [2.24, 2.45) is 11.8 Å². The number of carbonyl (C=O) groups is 1. The maximum Gasteiger partial charge on any atom is 0.335 e. The van der Waals surface area contributed by atoms with Crippen molar-refractivity contribution in [3.05, 3.63) is 35.4 Å². The van der Waals surface area contributed by atoms with Crippen LogP contribution in [0, 0.1) is 11.8 Å². The van der Waals surface area contributed by atoms with Gasteiger partial charge in [0.05, 0.1) is 5.56 Å². The maximum absolute atomic E-state index is 10.5. The molecule has 17 heavy (non-hydrogen) atoms. The van der Waals surface area contributed by atoms with E-state index in [2.05, 4.69) is 0 Å². The zero-order valence-electron chi connectivity index (χ0n) is 10.4. The van der Waals surface area contributed by atoms with Crippen molar-refractivity contribution in [1.29, 1.82) is 0 Å². The first-order valence-corrected chi connectivity index (χ1v) is 6.53. The molecule has 0 amide bonds. The number of aryl methyl sites for hydroxylation is 1. The highest BCUT2D eigenvalue weighted by atomic mass is 16.4. The normalized spacial score (nSPS) is 24.5. The summed E-state index contributed by atoms with van der Waals surface area (Å²) in [5, 5.41) is 8.60. The molecule has 2 nitrogen and oxygen atoms in total. The molecule has 1 aromatic rings. The lowest BCUT2D eigenvalue weighted by Gasteiger charge is -2.46. The molecule has 1 aromatic carbocycles. The maximum atomic E-state index is 10.5. The third-order valence-electron chi connectivity index (χ3n) is 4.07. The van der Waals surface area contributed by atoms with Gasteiger partial charge < -0.3 is 5.11 Å². The van der Waals surface area contributed by atoms with Crippen LogP contribution in [-0.2, 0) is 6.42 Å². The molecule has 0 unspecified atom stereocenters. The number of carboxylic acid groups (broad SMARTS) is 1. The van der Waals surface area contributed by atoms with Crippen LogP contribution in [0.25, 0.3) is 0 Å². The van der Waals surface area contributed by atoms with Crippen molar-refractivity contribution >= 4 is 5.97 Å². The van der Waals surface area contributed by atoms with Crippen LogP contribution in [0.1, 0.15) is 48.5 Å². The Labute approximate surface area is 103 Å². The van der Waals surface area contributed by atoms with Gasteiger partial charge in [-0.15, -0.1) is 0 Å². The van der Waals surface area contributed by atoms with Crippen LogP contribution in [0.5, 0.6) is 0 Å². The zero-order chi connectivity index (χ0) is 12.3. The minimum atomic E-state index is -0.861. The number of hydrogen-bond donors (Lipinski definition) is 1. The smallest absolute Gasteiger partial charge is 0.335 e. The van der Waals surface area contributed by atoms with E-state index in [4.69, 9.17) is 5.11 Å². The Bertz CT molecular complexity index is 380. The molecule has 0 spiro atoms. The van der Waals surface area contributed by atoms with E-state index in [1.54, 1.807) is 43.9 Å². The van der Waals surface area contributed by atoms with Crippen LogP contribution in [0.3, 0.4) is 0 Å². The molecule has 3 rings (SSSR count). The van der Waals surface area contributed by atoms with Gasteiger partial charge >= 0.3 is 5.97 Å². The molecule has 0 bridgehead atoms. The Kier molecular flexibility index (Phi) is 3.82. The number of hydrogen-bond acceptors (Lipinski definition) is 1. The van der Waals surface area contributed by atoms with E-state index in [-0.39, 0.29) is 0 Å². The van der Waals surface area contributed by atoms with Crippen LogP contribution < -0.4 is 0 Å². The molecule has 0 heterocycles. The molecule has 2 saturated carbocycles. The van der Waals surface area contributed by atoms with Gasteiger partial charge in [-0.05, 0) is 61.6 Å². The summed E-state index contributed by atoms with van der Waals surface area (Å²) in [6, 6.07) is 6.98. The molecule has 0 saturated heterocycles. The molecule has 2 heteroatoms. The lowest BCUT2D eigenvalue weighted by molar-refractivity contribution is 0.0548. The average molecular weight is 232 g/mol. The molecule has 0 aliphatic heterocycles. The molecule has 2 aliphatic carbocycles. The SMILES string of the molecule is C1CC2CCC12.CCc1cccc(C(=O)O)c1. The van der Waals surface area contributed by atoms with E-state index in [1.165, 1.54) is 11.8 Å². The van der Waals surface area contributed by atoms with Crippen molar-refractivity contribution in [2.75, 3.05) is 0 Å². The van der Waals surface area contributed by atoms with Gasteiger partial charge in [0.1, 0.15) is 0 Å². The minimum absolute atomic E-state index is 0.365. The van der Waals surface area contributed by atoms with Crippen LogP contribution >= 0.6 is 0 Å². The monoisotopic (exact) mass is 232 g/mol. The van der Waals surface area contributed by atoms with Gasteiger partial charge in [-0.3, -0.25) is 0 Å². The van der Waals surface area contributed by atoms with Crippen LogP contribution in [0.2, 0.25) is 0 Å². The Hall–Kier alpha value is -1.31. The molecule has 0 radical (unpaired) electrons. The third-order valence-corrected chi connectivity index (χ3v) is 4.07. The topological polar surface area (TPSA) is 37.3 Å². The second kappa shape index (κ2) is 5.35. The average Bonchev–Trinajstić information content (AvgIpc) is 2.34. The highest BCUT2D eigenvalue weighted by Gasteiger charge is 2.37. The highest BCUT2D eigenvalue weighted by Crippen LogP contribution is 2.49. The van der Waals surface area contributed by atoms with Crippen LogP contribution in [0.4, 0.5) is 0 Å². The lowest BCUT2D eigenvalue weighted by Crippen LogP contribution is -2.34. The van der Waals surface area contributed by atoms with Gasteiger partial charge in [0, 0.05) is 0 Å². The van der Waals surface area contributed by atoms with Crippen LogP contribution in [-0.4, -0.2) is 11.1 Å². The number of carboxylic acids is 1. The minimum Gasteiger partial charge on any atom is -0.478 e. The summed E-state index contributed by atoms with van der Waals surface area (Å²) in [6.45, 7) is 2.00. The Morgan fingerprint density at radius 2 is 1.82 bits per heavy atom. The summed E-state index contributed by atoms with van der Waals surface area (Å²) in [5.41, 5.74) is 1.43. The second-order valence-corrected chi connectivity index (χ2v) is 5.03. The molecule has 0 atom stereocenters. The summed E-state index contributed by atoms with van der Waals surface area (Å²) >= 11 is 0. The number of benzene rings is 1. The second-order valence-electron chi connectivity index (χ2n) is 5.03. The molecule has 1 N–H and O–H groups in total. The van der Waals surface area contributed by atoms with Crippen molar-refractivity contribution in [3.63, 3.8) is 0 Å². The van der Waals surface area contributed by atoms with Crippen molar-refractivity contribution in [1.82, 2.24) is 0 Å². The lowest BCUT2D eigenvalue weighted by atomic mass is 9.60. The Morgan fingerprint density at radius 1 is 1.24 bits per heavy atom. The molecule has 92 valence electrons. The van der Waals surface area contributed by atoms with Gasteiger partial charge in [-0.25, -0.2) is 4.79 Å². The number of aromatic carboxylic acids is 1. The van der Waals surface area contributed by atoms with E-state index >= 15 is 0 Å². The van der Waals surface area contributed by atoms with Gasteiger partial charge in [-0.2, -0.15) is 0 Å². The molecule has 2 aliphatic rings. The van der Waals surface area contributed by atoms with Gasteiger partial charge in [0.15, 0.2) is 0 Å². The van der Waals surface area contributed by atoms with Gasteiger partial charge in [-0.1, -0.05) is 19.1 Å². The highest BCUT2D eigenvalue weighted by molar-refractivity contribution is 5.87. The fourth-order valence-electron chi connectivity index (χ4n) is 2.49. The van der Waals surface area contributed by atoms with Crippen molar-refractivity contribution in [3.8, 4) is 0 Å². The fraction of sp³-hybridized carbons (Fsp3) is 0.533. The van der Waals surface area contributed by atoms with E-state index in [0.717, 1.165) is 12.0 Å². The molecule has 0 aromatic heterocycles. The molecule has 2 fully saturated rings. The first-order valence-electron chi connectivity index (χ1n) is 6.53. The van der Waals surface area contributed by atoms with Crippen LogP contribution in [0.15, 0.2) is 24.3 Å². The predicted octanol–water partition coefficient (Wildman–Crippen LogP) is 3.75. The van der Waals surface area contributed by atoms with E-state index < -0.39 is 5.97 Å². The largest absolute Gasteiger partial charge is 0.478 e. The molecular weight excluding hydrogens is 212 g/mol. The number of fused-ring (bicyclic) bond motifs is 1. The van der Waals surface area contributed by atoms with Gasteiger partial charge in [0.25, 0.3) is 0 Å². The standard InChI is InChI=1S/C9H10O2.C6H10/c1-2-7-4-3-5-8(6-7)9(10)11;1-2-6-4-3-5(1)6/h3-6H,2H2,1H3,(H,10,11);5-6H,1-4H2. The third kappa shape index (κ3) is 2.87. The summed E-state index contributed by atoms with van der Waals surface area (Å²) in [4.78, 5) is 10.5. The summed E-state index contributed by atoms with van der Waals surface area (Å²) < 4.78 is 0. The van der Waals surface area contributed by atoms with Gasteiger partial charge in [0.2, 0.25) is 0 Å². The summed E-state index contributed by atoms with van der Waals surface area (Å²) in [6.07, 6.45) is 7.12. The zero-order valence-corrected chi connectivity index (χ0v) is 10.4. The molecular formula is C15H20O2. The quantitative estimate of drug-likeness (QED) is 0.843. The Morgan fingerprint density at radius 3 is 2.18 bits per heavy atom. The summed E-state index contributed by atoms with van der Waals surface area (Å²) in [7, 11) is 0.